The van der Waals surface area contributed by atoms with Gasteiger partial charge in [0.25, 0.3) is 0 Å². The maximum absolute atomic E-state index is 12.0. The lowest BCUT2D eigenvalue weighted by atomic mass is 10.0. The van der Waals surface area contributed by atoms with Crippen LogP contribution in [0.1, 0.15) is 31.4 Å². The maximum Gasteiger partial charge on any atom is 0.238 e. The summed E-state index contributed by atoms with van der Waals surface area (Å²) in [5.74, 6) is 0.152. The van der Waals surface area contributed by atoms with E-state index in [0.29, 0.717) is 19.4 Å². The molecule has 1 aromatic carbocycles. The first-order valence-electron chi connectivity index (χ1n) is 6.50. The molecule has 1 saturated heterocycles. The fraction of sp³-hybridized carbons (Fsp3) is 0.500. The fourth-order valence-electron chi connectivity index (χ4n) is 2.52. The summed E-state index contributed by atoms with van der Waals surface area (Å²) in [5.41, 5.74) is 1.18. The molecule has 18 heavy (non-hydrogen) atoms. The Labute approximate surface area is 108 Å². The van der Waals surface area contributed by atoms with Gasteiger partial charge in [0.2, 0.25) is 5.91 Å². The minimum atomic E-state index is 0.122. The molecule has 0 aliphatic carbocycles. The Kier molecular flexibility index (Phi) is 4.33. The zero-order chi connectivity index (χ0) is 13.0. The van der Waals surface area contributed by atoms with Crippen molar-refractivity contribution in [3.8, 4) is 0 Å². The van der Waals surface area contributed by atoms with Crippen molar-refractivity contribution in [1.29, 1.82) is 0 Å². The topological polar surface area (TPSA) is 43.8 Å². The van der Waals surface area contributed by atoms with Gasteiger partial charge in [-0.3, -0.25) is 9.80 Å². The van der Waals surface area contributed by atoms with E-state index in [-0.39, 0.29) is 18.6 Å². The van der Waals surface area contributed by atoms with Crippen molar-refractivity contribution in [2.45, 2.75) is 25.8 Å². The van der Waals surface area contributed by atoms with Gasteiger partial charge in [-0.1, -0.05) is 37.3 Å². The molecule has 0 saturated carbocycles. The summed E-state index contributed by atoms with van der Waals surface area (Å²) in [6.07, 6.45) is 1.16. The van der Waals surface area contributed by atoms with Crippen LogP contribution in [0.25, 0.3) is 0 Å². The van der Waals surface area contributed by atoms with Crippen LogP contribution in [0.3, 0.4) is 0 Å². The molecule has 1 aromatic rings. The number of amides is 1. The van der Waals surface area contributed by atoms with Crippen molar-refractivity contribution in [2.24, 2.45) is 0 Å². The van der Waals surface area contributed by atoms with Crippen molar-refractivity contribution in [3.05, 3.63) is 35.9 Å². The van der Waals surface area contributed by atoms with E-state index in [2.05, 4.69) is 24.1 Å². The van der Waals surface area contributed by atoms with Crippen LogP contribution in [0.4, 0.5) is 0 Å². The van der Waals surface area contributed by atoms with E-state index in [1.807, 2.05) is 18.2 Å². The first kappa shape index (κ1) is 13.1. The maximum atomic E-state index is 12.0. The number of aliphatic hydroxyl groups is 1. The zero-order valence-corrected chi connectivity index (χ0v) is 10.7. The molecule has 4 nitrogen and oxygen atoms in total. The summed E-state index contributed by atoms with van der Waals surface area (Å²) in [7, 11) is 0. The van der Waals surface area contributed by atoms with E-state index in [1.165, 1.54) is 5.56 Å². The van der Waals surface area contributed by atoms with Crippen molar-refractivity contribution in [2.75, 3.05) is 19.7 Å². The Morgan fingerprint density at radius 1 is 1.33 bits per heavy atom. The molecule has 98 valence electrons. The van der Waals surface area contributed by atoms with Crippen LogP contribution in [0.5, 0.6) is 0 Å². The fourth-order valence-corrected chi connectivity index (χ4v) is 2.52. The molecule has 1 fully saturated rings. The summed E-state index contributed by atoms with van der Waals surface area (Å²) in [4.78, 5) is 12.0. The van der Waals surface area contributed by atoms with Crippen molar-refractivity contribution in [1.82, 2.24) is 10.0 Å². The SMILES string of the molecule is CCN1C(c2ccccc2)CC(=O)N1CCCO. The highest BCUT2D eigenvalue weighted by atomic mass is 16.3. The number of hydrogen-bond acceptors (Lipinski definition) is 3. The van der Waals surface area contributed by atoms with Gasteiger partial charge in [-0.25, -0.2) is 5.01 Å². The number of benzene rings is 1. The Balaban J connectivity index is 2.16. The summed E-state index contributed by atoms with van der Waals surface area (Å²) < 4.78 is 0. The van der Waals surface area contributed by atoms with Crippen molar-refractivity contribution in [3.63, 3.8) is 0 Å². The smallest absolute Gasteiger partial charge is 0.238 e. The van der Waals surface area contributed by atoms with E-state index in [0.717, 1.165) is 6.54 Å². The highest BCUT2D eigenvalue weighted by molar-refractivity contribution is 5.78. The number of carbonyl (C=O) groups excluding carboxylic acids is 1. The predicted octanol–water partition coefficient (Wildman–Crippen LogP) is 1.58. The highest BCUT2D eigenvalue weighted by Gasteiger charge is 2.36. The third-order valence-corrected chi connectivity index (χ3v) is 3.36. The number of carbonyl (C=O) groups is 1. The van der Waals surface area contributed by atoms with Gasteiger partial charge >= 0.3 is 0 Å². The second-order valence-corrected chi connectivity index (χ2v) is 4.48. The first-order valence-corrected chi connectivity index (χ1v) is 6.50. The van der Waals surface area contributed by atoms with Crippen LogP contribution in [0, 0.1) is 0 Å². The van der Waals surface area contributed by atoms with Crippen LogP contribution in [0.15, 0.2) is 30.3 Å². The van der Waals surface area contributed by atoms with Crippen LogP contribution < -0.4 is 0 Å². The number of rotatable bonds is 5. The van der Waals surface area contributed by atoms with E-state index < -0.39 is 0 Å². The molecule has 0 radical (unpaired) electrons. The van der Waals surface area contributed by atoms with Gasteiger partial charge in [0.1, 0.15) is 0 Å². The summed E-state index contributed by atoms with van der Waals surface area (Å²) in [6, 6.07) is 10.3. The average molecular weight is 248 g/mol. The Morgan fingerprint density at radius 3 is 2.67 bits per heavy atom. The molecule has 2 rings (SSSR count). The van der Waals surface area contributed by atoms with Gasteiger partial charge in [0.05, 0.1) is 6.04 Å². The third-order valence-electron chi connectivity index (χ3n) is 3.36. The second-order valence-electron chi connectivity index (χ2n) is 4.48. The number of hydrazine groups is 1. The lowest BCUT2D eigenvalue weighted by molar-refractivity contribution is -0.138. The van der Waals surface area contributed by atoms with Gasteiger partial charge in [-0.15, -0.1) is 0 Å². The summed E-state index contributed by atoms with van der Waals surface area (Å²) in [5, 5.41) is 12.8. The molecule has 1 N–H and O–H groups in total. The number of aliphatic hydroxyl groups excluding tert-OH is 1. The van der Waals surface area contributed by atoms with Crippen molar-refractivity contribution >= 4 is 5.91 Å². The summed E-state index contributed by atoms with van der Waals surface area (Å²) >= 11 is 0. The van der Waals surface area contributed by atoms with Crippen molar-refractivity contribution < 1.29 is 9.90 Å². The quantitative estimate of drug-likeness (QED) is 0.860. The minimum Gasteiger partial charge on any atom is -0.396 e. The van der Waals surface area contributed by atoms with Gasteiger partial charge in [0.15, 0.2) is 0 Å². The van der Waals surface area contributed by atoms with E-state index in [4.69, 9.17) is 5.11 Å². The van der Waals surface area contributed by atoms with Crippen LogP contribution in [0.2, 0.25) is 0 Å². The molecule has 0 aromatic heterocycles. The summed E-state index contributed by atoms with van der Waals surface area (Å²) in [6.45, 7) is 3.58. The van der Waals surface area contributed by atoms with Gasteiger partial charge in [-0.2, -0.15) is 0 Å². The van der Waals surface area contributed by atoms with Gasteiger partial charge in [0, 0.05) is 26.1 Å². The minimum absolute atomic E-state index is 0.122. The second kappa shape index (κ2) is 5.98. The van der Waals surface area contributed by atoms with Gasteiger partial charge < -0.3 is 5.11 Å². The molecule has 1 heterocycles. The number of hydrogen-bond donors (Lipinski definition) is 1. The molecule has 0 spiro atoms. The molecule has 0 bridgehead atoms. The molecular weight excluding hydrogens is 228 g/mol. The molecule has 1 aliphatic rings. The Bertz CT molecular complexity index is 394. The highest BCUT2D eigenvalue weighted by Crippen LogP contribution is 2.32. The molecule has 1 aliphatic heterocycles. The Morgan fingerprint density at radius 2 is 2.06 bits per heavy atom. The standard InChI is InChI=1S/C14H20N2O2/c1-2-15-13(12-7-4-3-5-8-12)11-14(18)16(15)9-6-10-17/h3-5,7-8,13,17H,2,6,9-11H2,1H3. The van der Waals surface area contributed by atoms with Gasteiger partial charge in [-0.05, 0) is 12.0 Å². The van der Waals surface area contributed by atoms with E-state index in [9.17, 15) is 4.79 Å². The van der Waals surface area contributed by atoms with E-state index >= 15 is 0 Å². The number of nitrogens with zero attached hydrogens (tertiary/aromatic N) is 2. The normalized spacial score (nSPS) is 20.7. The lowest BCUT2D eigenvalue weighted by Gasteiger charge is -2.31. The monoisotopic (exact) mass is 248 g/mol. The molecule has 1 amide bonds. The molecular formula is C14H20N2O2. The zero-order valence-electron chi connectivity index (χ0n) is 10.7. The van der Waals surface area contributed by atoms with Crippen LogP contribution in [-0.2, 0) is 4.79 Å². The third kappa shape index (κ3) is 2.54. The lowest BCUT2D eigenvalue weighted by Crippen LogP contribution is -2.40. The molecule has 4 heteroatoms. The van der Waals surface area contributed by atoms with E-state index in [1.54, 1.807) is 5.01 Å². The molecule has 1 atom stereocenters. The largest absolute Gasteiger partial charge is 0.396 e. The average Bonchev–Trinajstić information content (AvgIpc) is 2.73. The first-order chi connectivity index (χ1) is 8.77. The molecule has 1 unspecified atom stereocenters. The Hall–Kier alpha value is -1.39. The van der Waals surface area contributed by atoms with Crippen LogP contribution >= 0.6 is 0 Å². The van der Waals surface area contributed by atoms with Crippen LogP contribution in [-0.4, -0.2) is 40.7 Å². The predicted molar refractivity (Wildman–Crippen MR) is 69.6 cm³/mol.